The minimum absolute atomic E-state index is 0.0523. The van der Waals surface area contributed by atoms with Gasteiger partial charge in [-0.25, -0.2) is 9.97 Å². The maximum absolute atomic E-state index is 12.5. The molecule has 154 valence electrons. The quantitative estimate of drug-likeness (QED) is 0.464. The van der Waals surface area contributed by atoms with E-state index in [9.17, 15) is 4.79 Å². The Morgan fingerprint density at radius 3 is 3.00 bits per heavy atom. The molecule has 0 saturated heterocycles. The number of fused-ring (bicyclic) bond motifs is 4. The number of aromatic nitrogens is 4. The van der Waals surface area contributed by atoms with E-state index in [4.69, 9.17) is 0 Å². The Hall–Kier alpha value is -2.65. The molecule has 1 aromatic carbocycles. The van der Waals surface area contributed by atoms with Gasteiger partial charge < -0.3 is 10.2 Å². The Morgan fingerprint density at radius 1 is 1.33 bits per heavy atom. The summed E-state index contributed by atoms with van der Waals surface area (Å²) in [5.74, 6) is 1.09. The monoisotopic (exact) mass is 438 g/mol. The van der Waals surface area contributed by atoms with Crippen LogP contribution in [0.1, 0.15) is 16.9 Å². The van der Waals surface area contributed by atoms with Crippen molar-refractivity contribution in [3.8, 4) is 0 Å². The van der Waals surface area contributed by atoms with Gasteiger partial charge in [-0.15, -0.1) is 23.1 Å². The number of nitrogens with zero attached hydrogens (tertiary/aromatic N) is 4. The van der Waals surface area contributed by atoms with Crippen molar-refractivity contribution in [2.45, 2.75) is 24.2 Å². The van der Waals surface area contributed by atoms with Gasteiger partial charge in [-0.05, 0) is 43.2 Å². The molecule has 3 heterocycles. The summed E-state index contributed by atoms with van der Waals surface area (Å²) in [4.78, 5) is 26.6. The van der Waals surface area contributed by atoms with Gasteiger partial charge in [-0.2, -0.15) is 5.10 Å². The lowest BCUT2D eigenvalue weighted by Crippen LogP contribution is -2.32. The molecular weight excluding hydrogens is 416 g/mol. The van der Waals surface area contributed by atoms with Crippen molar-refractivity contribution in [3.05, 3.63) is 35.1 Å². The van der Waals surface area contributed by atoms with E-state index in [2.05, 4.69) is 43.9 Å². The molecule has 0 aliphatic heterocycles. The van der Waals surface area contributed by atoms with Crippen LogP contribution in [-0.4, -0.2) is 51.3 Å². The number of thiophene rings is 1. The SMILES string of the molecule is CSc1cc2[nH]ncc2cc1Nc1ncnc2sc3c(c12)CC[C@H](C(=O)N(C)C)C3. The van der Waals surface area contributed by atoms with Crippen molar-refractivity contribution >= 4 is 61.6 Å². The average molecular weight is 439 g/mol. The van der Waals surface area contributed by atoms with Gasteiger partial charge in [0.25, 0.3) is 0 Å². The van der Waals surface area contributed by atoms with Crippen LogP contribution in [0.5, 0.6) is 0 Å². The molecule has 3 aromatic heterocycles. The molecule has 0 fully saturated rings. The highest BCUT2D eigenvalue weighted by atomic mass is 32.2. The highest BCUT2D eigenvalue weighted by molar-refractivity contribution is 7.98. The molecule has 30 heavy (non-hydrogen) atoms. The van der Waals surface area contributed by atoms with Crippen LogP contribution in [0.15, 0.2) is 29.6 Å². The first-order chi connectivity index (χ1) is 14.5. The molecule has 4 aromatic rings. The van der Waals surface area contributed by atoms with Crippen molar-refractivity contribution in [2.24, 2.45) is 5.92 Å². The molecule has 2 N–H and O–H groups in total. The van der Waals surface area contributed by atoms with Crippen LogP contribution in [0.3, 0.4) is 0 Å². The van der Waals surface area contributed by atoms with Crippen LogP contribution in [0, 0.1) is 5.92 Å². The van der Waals surface area contributed by atoms with Crippen LogP contribution in [0.2, 0.25) is 0 Å². The number of aromatic amines is 1. The fraction of sp³-hybridized carbons (Fsp3) is 0.333. The van der Waals surface area contributed by atoms with Crippen molar-refractivity contribution in [2.75, 3.05) is 25.7 Å². The Morgan fingerprint density at radius 2 is 2.20 bits per heavy atom. The lowest BCUT2D eigenvalue weighted by Gasteiger charge is -2.24. The molecule has 9 heteroatoms. The maximum atomic E-state index is 12.5. The van der Waals surface area contributed by atoms with Crippen molar-refractivity contribution in [3.63, 3.8) is 0 Å². The van der Waals surface area contributed by atoms with Crippen molar-refractivity contribution in [1.82, 2.24) is 25.1 Å². The van der Waals surface area contributed by atoms with Crippen LogP contribution in [0.4, 0.5) is 11.5 Å². The zero-order chi connectivity index (χ0) is 20.8. The van der Waals surface area contributed by atoms with Gasteiger partial charge in [0, 0.05) is 35.2 Å². The number of aryl methyl sites for hydroxylation is 1. The third-order valence-corrected chi connectivity index (χ3v) is 7.59. The van der Waals surface area contributed by atoms with Crippen LogP contribution < -0.4 is 5.32 Å². The topological polar surface area (TPSA) is 86.8 Å². The van der Waals surface area contributed by atoms with Crippen molar-refractivity contribution in [1.29, 1.82) is 0 Å². The summed E-state index contributed by atoms with van der Waals surface area (Å²) in [6.07, 6.45) is 8.02. The molecule has 0 spiro atoms. The number of nitrogens with one attached hydrogen (secondary N) is 2. The van der Waals surface area contributed by atoms with E-state index in [-0.39, 0.29) is 11.8 Å². The molecule has 1 aliphatic rings. The van der Waals surface area contributed by atoms with E-state index in [0.29, 0.717) is 0 Å². The molecule has 0 saturated carbocycles. The third kappa shape index (κ3) is 3.22. The number of thioether (sulfide) groups is 1. The second kappa shape index (κ2) is 7.55. The lowest BCUT2D eigenvalue weighted by molar-refractivity contribution is -0.133. The number of anilines is 2. The Kier molecular flexibility index (Phi) is 4.86. The van der Waals surface area contributed by atoms with Gasteiger partial charge in [0.05, 0.1) is 22.8 Å². The van der Waals surface area contributed by atoms with E-state index in [1.165, 1.54) is 10.4 Å². The minimum Gasteiger partial charge on any atom is -0.349 e. The zero-order valence-electron chi connectivity index (χ0n) is 17.0. The number of amides is 1. The summed E-state index contributed by atoms with van der Waals surface area (Å²) < 4.78 is 0. The molecule has 0 radical (unpaired) electrons. The standard InChI is InChI=1S/C21H22N6OS2/c1-27(2)21(28)11-4-5-13-16(7-11)30-20-18(13)19(22-10-23-20)25-15-6-12-9-24-26-14(12)8-17(15)29-3/h6,8-11H,4-5,7H2,1-3H3,(H,24,26)(H,22,23,25)/t11-/m0/s1. The number of carbonyl (C=O) groups is 1. The number of rotatable bonds is 4. The Bertz CT molecular complexity index is 1260. The van der Waals surface area contributed by atoms with Gasteiger partial charge in [0.15, 0.2) is 0 Å². The molecule has 0 unspecified atom stereocenters. The summed E-state index contributed by atoms with van der Waals surface area (Å²) in [6, 6.07) is 4.21. The van der Waals surface area contributed by atoms with E-state index >= 15 is 0 Å². The second-order valence-corrected chi connectivity index (χ2v) is 9.65. The summed E-state index contributed by atoms with van der Waals surface area (Å²) in [5, 5.41) is 12.9. The van der Waals surface area contributed by atoms with Crippen LogP contribution in [0.25, 0.3) is 21.1 Å². The van der Waals surface area contributed by atoms with E-state index in [1.54, 1.807) is 34.3 Å². The highest BCUT2D eigenvalue weighted by Gasteiger charge is 2.30. The number of hydrogen-bond acceptors (Lipinski definition) is 7. The number of H-pyrrole nitrogens is 1. The molecule has 5 rings (SSSR count). The molecule has 1 aliphatic carbocycles. The predicted octanol–water partition coefficient (Wildman–Crippen LogP) is 4.23. The van der Waals surface area contributed by atoms with E-state index in [1.807, 2.05) is 20.3 Å². The zero-order valence-corrected chi connectivity index (χ0v) is 18.7. The van der Waals surface area contributed by atoms with Gasteiger partial charge >= 0.3 is 0 Å². The molecule has 0 bridgehead atoms. The summed E-state index contributed by atoms with van der Waals surface area (Å²) >= 11 is 3.37. The van der Waals surface area contributed by atoms with Gasteiger partial charge in [0.1, 0.15) is 17.0 Å². The molecule has 1 atom stereocenters. The molecule has 1 amide bonds. The normalized spacial score (nSPS) is 16.0. The van der Waals surface area contributed by atoms with Crippen LogP contribution in [-0.2, 0) is 17.6 Å². The smallest absolute Gasteiger partial charge is 0.225 e. The average Bonchev–Trinajstić information content (AvgIpc) is 3.35. The molecular formula is C21H22N6OS2. The summed E-state index contributed by atoms with van der Waals surface area (Å²) in [5.41, 5.74) is 3.31. The number of hydrogen-bond donors (Lipinski definition) is 2. The summed E-state index contributed by atoms with van der Waals surface area (Å²) in [6.45, 7) is 0. The first-order valence-corrected chi connectivity index (χ1v) is 11.8. The van der Waals surface area contributed by atoms with Gasteiger partial charge in [-0.3, -0.25) is 9.89 Å². The first kappa shape index (κ1) is 19.3. The lowest BCUT2D eigenvalue weighted by atomic mass is 9.87. The largest absolute Gasteiger partial charge is 0.349 e. The fourth-order valence-corrected chi connectivity index (χ4v) is 5.98. The van der Waals surface area contributed by atoms with Gasteiger partial charge in [0.2, 0.25) is 5.91 Å². The van der Waals surface area contributed by atoms with Crippen LogP contribution >= 0.6 is 23.1 Å². The third-order valence-electron chi connectivity index (χ3n) is 5.65. The number of carbonyl (C=O) groups excluding carboxylic acids is 1. The van der Waals surface area contributed by atoms with E-state index < -0.39 is 0 Å². The first-order valence-electron chi connectivity index (χ1n) is 9.79. The van der Waals surface area contributed by atoms with Crippen molar-refractivity contribution < 1.29 is 4.79 Å². The second-order valence-electron chi connectivity index (χ2n) is 7.71. The summed E-state index contributed by atoms with van der Waals surface area (Å²) in [7, 11) is 3.66. The number of benzene rings is 1. The predicted molar refractivity (Wildman–Crippen MR) is 123 cm³/mol. The highest BCUT2D eigenvalue weighted by Crippen LogP contribution is 2.41. The maximum Gasteiger partial charge on any atom is 0.225 e. The Labute approximate surface area is 182 Å². The van der Waals surface area contributed by atoms with E-state index in [0.717, 1.165) is 56.8 Å². The Balaban J connectivity index is 1.55. The molecule has 7 nitrogen and oxygen atoms in total. The minimum atomic E-state index is 0.0523. The fourth-order valence-electron chi connectivity index (χ4n) is 4.15. The van der Waals surface area contributed by atoms with Gasteiger partial charge in [-0.1, -0.05) is 0 Å².